The molecule has 0 saturated carbocycles. The van der Waals surface area contributed by atoms with Crippen LogP contribution >= 0.6 is 0 Å². The van der Waals surface area contributed by atoms with Gasteiger partial charge >= 0.3 is 5.97 Å². The molecule has 0 fully saturated rings. The smallest absolute Gasteiger partial charge is 0.336 e. The molecule has 0 aliphatic carbocycles. The van der Waals surface area contributed by atoms with E-state index in [4.69, 9.17) is 4.74 Å². The molecule has 0 aliphatic heterocycles. The highest BCUT2D eigenvalue weighted by Gasteiger charge is 2.18. The third-order valence-corrected chi connectivity index (χ3v) is 4.65. The van der Waals surface area contributed by atoms with Crippen molar-refractivity contribution >= 4 is 22.7 Å². The number of ether oxygens (including phenoxy) is 1. The molecular weight excluding hydrogens is 389 g/mol. The molecule has 0 amide bonds. The SMILES string of the molecule is COc1nnc(-n2c(C)cc3c(C(=O)O)cccc32)nc1NCc1cccc(F)c1. The van der Waals surface area contributed by atoms with Crippen molar-refractivity contribution < 1.29 is 19.0 Å². The third kappa shape index (κ3) is 3.52. The Labute approximate surface area is 171 Å². The lowest BCUT2D eigenvalue weighted by atomic mass is 10.1. The van der Waals surface area contributed by atoms with Crippen LogP contribution in [0.5, 0.6) is 5.88 Å². The molecule has 0 unspecified atom stereocenters. The highest BCUT2D eigenvalue weighted by molar-refractivity contribution is 6.03. The summed E-state index contributed by atoms with van der Waals surface area (Å²) >= 11 is 0. The van der Waals surface area contributed by atoms with E-state index in [1.807, 2.05) is 6.92 Å². The first-order valence-electron chi connectivity index (χ1n) is 9.09. The van der Waals surface area contributed by atoms with Crippen molar-refractivity contribution in [1.82, 2.24) is 19.7 Å². The van der Waals surface area contributed by atoms with Gasteiger partial charge in [-0.1, -0.05) is 18.2 Å². The number of fused-ring (bicyclic) bond motifs is 1. The second kappa shape index (κ2) is 7.78. The van der Waals surface area contributed by atoms with Crippen molar-refractivity contribution in [2.24, 2.45) is 0 Å². The van der Waals surface area contributed by atoms with E-state index in [0.29, 0.717) is 23.3 Å². The van der Waals surface area contributed by atoms with Crippen LogP contribution in [0, 0.1) is 12.7 Å². The molecule has 4 aromatic rings. The summed E-state index contributed by atoms with van der Waals surface area (Å²) < 4.78 is 20.4. The zero-order chi connectivity index (χ0) is 21.3. The second-order valence-electron chi connectivity index (χ2n) is 6.62. The van der Waals surface area contributed by atoms with Crippen LogP contribution in [0.3, 0.4) is 0 Å². The summed E-state index contributed by atoms with van der Waals surface area (Å²) in [4.78, 5) is 16.1. The first-order chi connectivity index (χ1) is 14.5. The number of nitrogens with zero attached hydrogens (tertiary/aromatic N) is 4. The summed E-state index contributed by atoms with van der Waals surface area (Å²) in [7, 11) is 1.45. The fraction of sp³-hybridized carbons (Fsp3) is 0.143. The van der Waals surface area contributed by atoms with Crippen LogP contribution in [0.2, 0.25) is 0 Å². The highest BCUT2D eigenvalue weighted by Crippen LogP contribution is 2.27. The number of anilines is 1. The number of hydrogen-bond acceptors (Lipinski definition) is 6. The van der Waals surface area contributed by atoms with Gasteiger partial charge in [0.15, 0.2) is 5.82 Å². The lowest BCUT2D eigenvalue weighted by Crippen LogP contribution is -2.11. The minimum absolute atomic E-state index is 0.190. The molecule has 2 heterocycles. The second-order valence-corrected chi connectivity index (χ2v) is 6.62. The van der Waals surface area contributed by atoms with E-state index in [2.05, 4.69) is 20.5 Å². The van der Waals surface area contributed by atoms with E-state index in [1.165, 1.54) is 19.2 Å². The normalized spacial score (nSPS) is 10.9. The molecule has 9 heteroatoms. The van der Waals surface area contributed by atoms with Crippen molar-refractivity contribution in [3.63, 3.8) is 0 Å². The lowest BCUT2D eigenvalue weighted by Gasteiger charge is -2.12. The molecule has 30 heavy (non-hydrogen) atoms. The maximum Gasteiger partial charge on any atom is 0.336 e. The summed E-state index contributed by atoms with van der Waals surface area (Å²) in [5.74, 6) is -0.555. The van der Waals surface area contributed by atoms with Crippen LogP contribution in [-0.2, 0) is 6.54 Å². The minimum Gasteiger partial charge on any atom is -0.478 e. The number of nitrogens with one attached hydrogen (secondary N) is 1. The Morgan fingerprint density at radius 2 is 2.00 bits per heavy atom. The van der Waals surface area contributed by atoms with Gasteiger partial charge in [-0.3, -0.25) is 4.57 Å². The Balaban J connectivity index is 1.75. The number of carboxylic acids is 1. The zero-order valence-electron chi connectivity index (χ0n) is 16.3. The van der Waals surface area contributed by atoms with E-state index < -0.39 is 5.97 Å². The molecule has 8 nitrogen and oxygen atoms in total. The van der Waals surface area contributed by atoms with Crippen molar-refractivity contribution in [3.8, 4) is 11.8 Å². The van der Waals surface area contributed by atoms with Crippen molar-refractivity contribution in [1.29, 1.82) is 0 Å². The molecule has 0 spiro atoms. The molecular formula is C21H18FN5O3. The van der Waals surface area contributed by atoms with Gasteiger partial charge < -0.3 is 15.2 Å². The molecule has 4 rings (SSSR count). The number of hydrogen-bond donors (Lipinski definition) is 2. The monoisotopic (exact) mass is 407 g/mol. The Morgan fingerprint density at radius 3 is 2.73 bits per heavy atom. The van der Waals surface area contributed by atoms with Gasteiger partial charge in [-0.15, -0.1) is 10.2 Å². The molecule has 2 N–H and O–H groups in total. The predicted octanol–water partition coefficient (Wildman–Crippen LogP) is 3.58. The van der Waals surface area contributed by atoms with Gasteiger partial charge in [-0.05, 0) is 42.8 Å². The highest BCUT2D eigenvalue weighted by atomic mass is 19.1. The van der Waals surface area contributed by atoms with Crippen LogP contribution in [0.1, 0.15) is 21.6 Å². The van der Waals surface area contributed by atoms with E-state index in [-0.39, 0.29) is 23.2 Å². The fourth-order valence-electron chi connectivity index (χ4n) is 3.30. The number of aryl methyl sites for hydroxylation is 1. The Morgan fingerprint density at radius 1 is 1.20 bits per heavy atom. The summed E-state index contributed by atoms with van der Waals surface area (Å²) in [5.41, 5.74) is 2.32. The van der Waals surface area contributed by atoms with Crippen LogP contribution in [0.4, 0.5) is 10.2 Å². The van der Waals surface area contributed by atoms with Crippen LogP contribution < -0.4 is 10.1 Å². The van der Waals surface area contributed by atoms with Gasteiger partial charge in [0.1, 0.15) is 5.82 Å². The van der Waals surface area contributed by atoms with E-state index in [1.54, 1.807) is 41.0 Å². The van der Waals surface area contributed by atoms with E-state index in [9.17, 15) is 14.3 Å². The van der Waals surface area contributed by atoms with Crippen molar-refractivity contribution in [2.75, 3.05) is 12.4 Å². The third-order valence-electron chi connectivity index (χ3n) is 4.65. The molecule has 2 aromatic heterocycles. The summed E-state index contributed by atoms with van der Waals surface area (Å²) in [5, 5.41) is 21.3. The van der Waals surface area contributed by atoms with Gasteiger partial charge in [-0.25, -0.2) is 9.18 Å². The lowest BCUT2D eigenvalue weighted by molar-refractivity contribution is 0.0699. The molecule has 0 radical (unpaired) electrons. The fourth-order valence-corrected chi connectivity index (χ4v) is 3.30. The number of carboxylic acid groups (broad SMARTS) is 1. The largest absolute Gasteiger partial charge is 0.478 e. The summed E-state index contributed by atoms with van der Waals surface area (Å²) in [6.07, 6.45) is 0. The van der Waals surface area contributed by atoms with Gasteiger partial charge in [0.2, 0.25) is 0 Å². The van der Waals surface area contributed by atoms with E-state index in [0.717, 1.165) is 11.3 Å². The van der Waals surface area contributed by atoms with Gasteiger partial charge in [0.05, 0.1) is 18.2 Å². The molecule has 0 atom stereocenters. The molecule has 0 aliphatic rings. The Bertz CT molecular complexity index is 1250. The Hall–Kier alpha value is -4.01. The van der Waals surface area contributed by atoms with Crippen molar-refractivity contribution in [2.45, 2.75) is 13.5 Å². The average Bonchev–Trinajstić information content (AvgIpc) is 3.07. The van der Waals surface area contributed by atoms with Gasteiger partial charge in [0, 0.05) is 17.6 Å². The Kier molecular flexibility index (Phi) is 5.01. The maximum atomic E-state index is 13.4. The first-order valence-corrected chi connectivity index (χ1v) is 9.09. The number of carbonyl (C=O) groups is 1. The number of aromatic nitrogens is 4. The van der Waals surface area contributed by atoms with Crippen LogP contribution in [0.15, 0.2) is 48.5 Å². The molecule has 0 saturated heterocycles. The summed E-state index contributed by atoms with van der Waals surface area (Å²) in [6, 6.07) is 13.0. The number of halogens is 1. The number of benzene rings is 2. The first kappa shape index (κ1) is 19.3. The number of rotatable bonds is 6. The molecule has 2 aromatic carbocycles. The minimum atomic E-state index is -1.01. The standard InChI is InChI=1S/C21H18FN5O3/c1-12-9-16-15(20(28)29)7-4-8-17(16)27(12)21-24-18(19(30-2)25-26-21)23-11-13-5-3-6-14(22)10-13/h3-10H,11H2,1-2H3,(H,28,29)(H,23,24,26). The van der Waals surface area contributed by atoms with Gasteiger partial charge in [0.25, 0.3) is 11.8 Å². The molecule has 152 valence electrons. The number of aromatic carboxylic acids is 1. The predicted molar refractivity (Wildman–Crippen MR) is 109 cm³/mol. The zero-order valence-corrected chi connectivity index (χ0v) is 16.3. The topological polar surface area (TPSA) is 102 Å². The summed E-state index contributed by atoms with van der Waals surface area (Å²) in [6.45, 7) is 2.14. The molecule has 0 bridgehead atoms. The van der Waals surface area contributed by atoms with E-state index >= 15 is 0 Å². The maximum absolute atomic E-state index is 13.4. The average molecular weight is 407 g/mol. The van der Waals surface area contributed by atoms with Gasteiger partial charge in [-0.2, -0.15) is 4.98 Å². The van der Waals surface area contributed by atoms with Crippen molar-refractivity contribution in [3.05, 3.63) is 71.2 Å². The quantitative estimate of drug-likeness (QED) is 0.504. The van der Waals surface area contributed by atoms with Crippen LogP contribution in [-0.4, -0.2) is 37.9 Å². The van der Waals surface area contributed by atoms with Crippen LogP contribution in [0.25, 0.3) is 16.9 Å². The number of methoxy groups -OCH3 is 1.